The van der Waals surface area contributed by atoms with Crippen LogP contribution >= 0.6 is 0 Å². The van der Waals surface area contributed by atoms with Crippen molar-refractivity contribution in [2.45, 2.75) is 32.9 Å². The van der Waals surface area contributed by atoms with Gasteiger partial charge in [-0.05, 0) is 62.2 Å². The van der Waals surface area contributed by atoms with Gasteiger partial charge >= 0.3 is 0 Å². The highest BCUT2D eigenvalue weighted by atomic mass is 19.1. The highest BCUT2D eigenvalue weighted by Gasteiger charge is 2.45. The Morgan fingerprint density at radius 3 is 2.55 bits per heavy atom. The smallest absolute Gasteiger partial charge is 0.295 e. The number of hydrogen-bond acceptors (Lipinski definition) is 5. The summed E-state index contributed by atoms with van der Waals surface area (Å²) in [5.74, 6) is -2.24. The molecule has 1 atom stereocenters. The molecule has 1 N–H and O–H groups in total. The van der Waals surface area contributed by atoms with Gasteiger partial charge in [0, 0.05) is 24.5 Å². The minimum absolute atomic E-state index is 0.0200. The lowest BCUT2D eigenvalue weighted by Gasteiger charge is -2.25. The van der Waals surface area contributed by atoms with Gasteiger partial charge in [-0.3, -0.25) is 14.6 Å². The van der Waals surface area contributed by atoms with Crippen molar-refractivity contribution >= 4 is 17.4 Å². The maximum absolute atomic E-state index is 13.6. The first-order valence-corrected chi connectivity index (χ1v) is 9.37. The number of aromatic nitrogens is 1. The molecule has 7 heteroatoms. The van der Waals surface area contributed by atoms with Crippen LogP contribution in [0.25, 0.3) is 5.76 Å². The van der Waals surface area contributed by atoms with E-state index in [9.17, 15) is 19.1 Å². The molecule has 1 saturated heterocycles. The molecule has 0 spiro atoms. The number of rotatable bonds is 6. The predicted molar refractivity (Wildman–Crippen MR) is 105 cm³/mol. The van der Waals surface area contributed by atoms with Gasteiger partial charge in [0.05, 0.1) is 24.3 Å². The summed E-state index contributed by atoms with van der Waals surface area (Å²) in [6.45, 7) is 5.77. The highest BCUT2D eigenvalue weighted by Crippen LogP contribution is 2.39. The Bertz CT molecular complexity index is 957. The number of hydrogen-bond donors (Lipinski definition) is 1. The van der Waals surface area contributed by atoms with E-state index in [1.165, 1.54) is 23.1 Å². The van der Waals surface area contributed by atoms with Crippen molar-refractivity contribution in [3.63, 3.8) is 0 Å². The van der Waals surface area contributed by atoms with Gasteiger partial charge in [-0.15, -0.1) is 0 Å². The fourth-order valence-corrected chi connectivity index (χ4v) is 3.34. The third-order valence-electron chi connectivity index (χ3n) is 4.78. The molecule has 0 radical (unpaired) electrons. The zero-order chi connectivity index (χ0) is 21.1. The van der Waals surface area contributed by atoms with Gasteiger partial charge in [-0.1, -0.05) is 0 Å². The molecule has 1 fully saturated rings. The lowest BCUT2D eigenvalue weighted by atomic mass is 9.95. The Balaban J connectivity index is 2.09. The van der Waals surface area contributed by atoms with Gasteiger partial charge in [-0.2, -0.15) is 0 Å². The first-order valence-electron chi connectivity index (χ1n) is 9.37. The molecule has 1 unspecified atom stereocenters. The van der Waals surface area contributed by atoms with E-state index in [-0.39, 0.29) is 36.2 Å². The molecule has 1 aromatic heterocycles. The van der Waals surface area contributed by atoms with Gasteiger partial charge in [-0.25, -0.2) is 4.39 Å². The molecular formula is C22H23FN2O4. The van der Waals surface area contributed by atoms with Gasteiger partial charge in [0.25, 0.3) is 11.7 Å². The number of aliphatic hydroxyl groups is 1. The lowest BCUT2D eigenvalue weighted by molar-refractivity contribution is -0.140. The second-order valence-electron chi connectivity index (χ2n) is 7.16. The molecular weight excluding hydrogens is 375 g/mol. The molecule has 1 aliphatic heterocycles. The Morgan fingerprint density at radius 2 is 1.93 bits per heavy atom. The number of aryl methyl sites for hydroxylation is 1. The molecule has 0 aliphatic carbocycles. The maximum atomic E-state index is 13.6. The Labute approximate surface area is 168 Å². The van der Waals surface area contributed by atoms with Crippen molar-refractivity contribution in [3.8, 4) is 0 Å². The van der Waals surface area contributed by atoms with E-state index >= 15 is 0 Å². The normalized spacial score (nSPS) is 18.7. The standard InChI is InChI=1S/C22H23FN2O4/c1-13(2)29-11-10-25-19(15-6-8-24-9-7-15)18(21(27)22(25)28)20(26)16-4-5-17(23)14(3)12-16/h4-9,12-13,19,26H,10-11H2,1-3H3/b20-18-. The number of Topliss-reactive ketones (excluding diaryl/α,β-unsaturated/α-hetero) is 1. The van der Waals surface area contributed by atoms with Gasteiger partial charge < -0.3 is 14.7 Å². The number of pyridine rings is 1. The lowest BCUT2D eigenvalue weighted by Crippen LogP contribution is -2.33. The molecule has 29 heavy (non-hydrogen) atoms. The Morgan fingerprint density at radius 1 is 1.24 bits per heavy atom. The van der Waals surface area contributed by atoms with E-state index in [0.717, 1.165) is 0 Å². The molecule has 152 valence electrons. The topological polar surface area (TPSA) is 79.7 Å². The van der Waals surface area contributed by atoms with Crippen molar-refractivity contribution in [2.24, 2.45) is 0 Å². The number of halogens is 1. The number of carbonyl (C=O) groups excluding carboxylic acids is 2. The Kier molecular flexibility index (Phi) is 6.08. The number of carbonyl (C=O) groups is 2. The number of nitrogens with zero attached hydrogens (tertiary/aromatic N) is 2. The van der Waals surface area contributed by atoms with Crippen LogP contribution < -0.4 is 0 Å². The summed E-state index contributed by atoms with van der Waals surface area (Å²) in [5, 5.41) is 10.9. The largest absolute Gasteiger partial charge is 0.507 e. The molecule has 1 aromatic carbocycles. The second-order valence-corrected chi connectivity index (χ2v) is 7.16. The summed E-state index contributed by atoms with van der Waals surface area (Å²) in [7, 11) is 0. The van der Waals surface area contributed by atoms with E-state index in [1.807, 2.05) is 13.8 Å². The zero-order valence-electron chi connectivity index (χ0n) is 16.6. The predicted octanol–water partition coefficient (Wildman–Crippen LogP) is 3.38. The summed E-state index contributed by atoms with van der Waals surface area (Å²) < 4.78 is 19.2. The van der Waals surface area contributed by atoms with Crippen molar-refractivity contribution in [3.05, 3.63) is 70.8 Å². The number of benzene rings is 1. The van der Waals surface area contributed by atoms with Crippen LogP contribution in [0.3, 0.4) is 0 Å². The summed E-state index contributed by atoms with van der Waals surface area (Å²) in [6.07, 6.45) is 3.10. The quantitative estimate of drug-likeness (QED) is 0.458. The van der Waals surface area contributed by atoms with E-state index in [4.69, 9.17) is 4.74 Å². The Hall–Kier alpha value is -3.06. The average Bonchev–Trinajstić information content (AvgIpc) is 2.95. The highest BCUT2D eigenvalue weighted by molar-refractivity contribution is 6.46. The van der Waals surface area contributed by atoms with E-state index in [1.54, 1.807) is 31.5 Å². The fourth-order valence-electron chi connectivity index (χ4n) is 3.34. The van der Waals surface area contributed by atoms with Crippen LogP contribution in [-0.4, -0.2) is 45.9 Å². The third kappa shape index (κ3) is 4.19. The van der Waals surface area contributed by atoms with Crippen molar-refractivity contribution in [2.75, 3.05) is 13.2 Å². The number of ketones is 1. The summed E-state index contributed by atoms with van der Waals surface area (Å²) >= 11 is 0. The maximum Gasteiger partial charge on any atom is 0.295 e. The summed E-state index contributed by atoms with van der Waals surface area (Å²) in [4.78, 5) is 30.9. The van der Waals surface area contributed by atoms with Crippen LogP contribution in [0.4, 0.5) is 4.39 Å². The molecule has 0 bridgehead atoms. The van der Waals surface area contributed by atoms with Crippen LogP contribution in [0.1, 0.15) is 36.6 Å². The molecule has 0 saturated carbocycles. The molecule has 3 rings (SSSR count). The van der Waals surface area contributed by atoms with Crippen molar-refractivity contribution in [1.82, 2.24) is 9.88 Å². The minimum Gasteiger partial charge on any atom is -0.507 e. The molecule has 2 heterocycles. The number of ether oxygens (including phenoxy) is 1. The average molecular weight is 398 g/mol. The molecule has 1 amide bonds. The fraction of sp³-hybridized carbons (Fsp3) is 0.318. The molecule has 1 aliphatic rings. The number of aliphatic hydroxyl groups excluding tert-OH is 1. The SMILES string of the molecule is Cc1cc(/C(O)=C2/C(=O)C(=O)N(CCOC(C)C)C2c2ccncc2)ccc1F. The zero-order valence-corrected chi connectivity index (χ0v) is 16.6. The minimum atomic E-state index is -0.782. The summed E-state index contributed by atoms with van der Waals surface area (Å²) in [5.41, 5.74) is 1.22. The van der Waals surface area contributed by atoms with Crippen LogP contribution in [0, 0.1) is 12.7 Å². The van der Waals surface area contributed by atoms with Gasteiger partial charge in [0.15, 0.2) is 0 Å². The second kappa shape index (κ2) is 8.53. The molecule has 6 nitrogen and oxygen atoms in total. The van der Waals surface area contributed by atoms with Crippen LogP contribution in [-0.2, 0) is 14.3 Å². The monoisotopic (exact) mass is 398 g/mol. The van der Waals surface area contributed by atoms with E-state index in [0.29, 0.717) is 11.1 Å². The van der Waals surface area contributed by atoms with Gasteiger partial charge in [0.1, 0.15) is 11.6 Å². The van der Waals surface area contributed by atoms with Crippen LogP contribution in [0.5, 0.6) is 0 Å². The van der Waals surface area contributed by atoms with Crippen molar-refractivity contribution in [1.29, 1.82) is 0 Å². The van der Waals surface area contributed by atoms with Gasteiger partial charge in [0.2, 0.25) is 0 Å². The molecule has 2 aromatic rings. The first-order chi connectivity index (χ1) is 13.8. The number of likely N-dealkylation sites (tertiary alicyclic amines) is 1. The number of amides is 1. The van der Waals surface area contributed by atoms with Crippen molar-refractivity contribution < 1.29 is 23.8 Å². The van der Waals surface area contributed by atoms with Crippen LogP contribution in [0.2, 0.25) is 0 Å². The third-order valence-corrected chi connectivity index (χ3v) is 4.78. The van der Waals surface area contributed by atoms with E-state index < -0.39 is 23.5 Å². The van der Waals surface area contributed by atoms with Crippen LogP contribution in [0.15, 0.2) is 48.3 Å². The van der Waals surface area contributed by atoms with E-state index in [2.05, 4.69) is 4.98 Å². The summed E-state index contributed by atoms with van der Waals surface area (Å²) in [6, 6.07) is 6.66. The first kappa shape index (κ1) is 20.7.